The number of methoxy groups -OCH3 is 2. The Bertz CT molecular complexity index is 854. The molecule has 0 N–H and O–H groups in total. The Hall–Kier alpha value is -3.94. The first kappa shape index (κ1) is 20.4. The molecule has 144 valence electrons. The maximum absolute atomic E-state index is 11.9. The fourth-order valence-corrected chi connectivity index (χ4v) is 2.09. The van der Waals surface area contributed by atoms with Crippen molar-refractivity contribution in [2.75, 3.05) is 14.2 Å². The van der Waals surface area contributed by atoms with Crippen LogP contribution in [0.2, 0.25) is 0 Å². The molecule has 2 aromatic rings. The van der Waals surface area contributed by atoms with Gasteiger partial charge in [-0.1, -0.05) is 24.3 Å². The summed E-state index contributed by atoms with van der Waals surface area (Å²) in [6.45, 7) is 0. The van der Waals surface area contributed by atoms with Crippen molar-refractivity contribution in [1.29, 1.82) is 0 Å². The number of hydrogen-bond acceptors (Lipinski definition) is 8. The van der Waals surface area contributed by atoms with E-state index in [-0.39, 0.29) is 22.6 Å². The molecule has 0 saturated heterocycles. The topological polar surface area (TPSA) is 105 Å². The summed E-state index contributed by atoms with van der Waals surface area (Å²) in [4.78, 5) is 47.1. The Kier molecular flexibility index (Phi) is 7.04. The minimum atomic E-state index is -0.908. The van der Waals surface area contributed by atoms with Crippen molar-refractivity contribution in [3.8, 4) is 11.5 Å². The monoisotopic (exact) mass is 384 g/mol. The fourth-order valence-electron chi connectivity index (χ4n) is 2.09. The third-order valence-electron chi connectivity index (χ3n) is 3.36. The molecule has 0 aromatic heterocycles. The molecule has 0 aliphatic heterocycles. The van der Waals surface area contributed by atoms with Gasteiger partial charge < -0.3 is 18.9 Å². The van der Waals surface area contributed by atoms with Gasteiger partial charge in [-0.2, -0.15) is 0 Å². The first-order chi connectivity index (χ1) is 13.5. The molecular weight excluding hydrogens is 368 g/mol. The fraction of sp³-hybridized carbons (Fsp3) is 0.100. The normalized spacial score (nSPS) is 10.2. The van der Waals surface area contributed by atoms with Gasteiger partial charge in [0.25, 0.3) is 0 Å². The van der Waals surface area contributed by atoms with Crippen molar-refractivity contribution < 1.29 is 38.1 Å². The van der Waals surface area contributed by atoms with Crippen molar-refractivity contribution in [2.24, 2.45) is 0 Å². The number of hydrogen-bond donors (Lipinski definition) is 0. The van der Waals surface area contributed by atoms with Crippen molar-refractivity contribution in [2.45, 2.75) is 0 Å². The zero-order chi connectivity index (χ0) is 20.5. The highest BCUT2D eigenvalue weighted by atomic mass is 16.6. The van der Waals surface area contributed by atoms with E-state index in [1.54, 1.807) is 24.3 Å². The van der Waals surface area contributed by atoms with Crippen molar-refractivity contribution in [1.82, 2.24) is 0 Å². The van der Waals surface area contributed by atoms with E-state index >= 15 is 0 Å². The standard InChI is InChI=1S/C20H16O8/c1-25-19(23)13-7-3-5-9-15(13)27-17(21)11-12-18(22)28-16-10-6-4-8-14(16)20(24)26-2/h3-12H,1-2H3/b12-11+. The number of carbonyl (C=O) groups excluding carboxylic acids is 4. The predicted molar refractivity (Wildman–Crippen MR) is 96.0 cm³/mol. The average molecular weight is 384 g/mol. The van der Waals surface area contributed by atoms with E-state index in [1.165, 1.54) is 38.5 Å². The summed E-state index contributed by atoms with van der Waals surface area (Å²) >= 11 is 0. The SMILES string of the molecule is COC(=O)c1ccccc1OC(=O)/C=C/C(=O)Oc1ccccc1C(=O)OC. The number of carbonyl (C=O) groups is 4. The zero-order valence-electron chi connectivity index (χ0n) is 15.0. The summed E-state index contributed by atoms with van der Waals surface area (Å²) in [5, 5.41) is 0. The van der Waals surface area contributed by atoms with Gasteiger partial charge in [-0.05, 0) is 24.3 Å². The smallest absolute Gasteiger partial charge is 0.341 e. The minimum absolute atomic E-state index is 0.0200. The summed E-state index contributed by atoms with van der Waals surface area (Å²) in [5.74, 6) is -3.21. The minimum Gasteiger partial charge on any atom is -0.465 e. The molecule has 0 amide bonds. The first-order valence-electron chi connectivity index (χ1n) is 7.92. The van der Waals surface area contributed by atoms with Gasteiger partial charge in [0, 0.05) is 12.2 Å². The molecule has 0 aliphatic carbocycles. The second kappa shape index (κ2) is 9.67. The third-order valence-corrected chi connectivity index (χ3v) is 3.36. The molecule has 0 fully saturated rings. The lowest BCUT2D eigenvalue weighted by Crippen LogP contribution is -2.12. The average Bonchev–Trinajstić information content (AvgIpc) is 2.72. The van der Waals surface area contributed by atoms with E-state index in [0.717, 1.165) is 12.2 Å². The molecular formula is C20H16O8. The molecule has 0 heterocycles. The summed E-state index contributed by atoms with van der Waals surface area (Å²) in [6.07, 6.45) is 1.66. The van der Waals surface area contributed by atoms with Crippen LogP contribution in [0.3, 0.4) is 0 Å². The lowest BCUT2D eigenvalue weighted by molar-refractivity contribution is -0.131. The number of ether oxygens (including phenoxy) is 4. The Labute approximate surface area is 160 Å². The van der Waals surface area contributed by atoms with Crippen LogP contribution < -0.4 is 9.47 Å². The van der Waals surface area contributed by atoms with Gasteiger partial charge >= 0.3 is 23.9 Å². The quantitative estimate of drug-likeness (QED) is 0.424. The summed E-state index contributed by atoms with van der Waals surface area (Å²) in [7, 11) is 2.39. The Balaban J connectivity index is 2.05. The Morgan fingerprint density at radius 3 is 1.36 bits per heavy atom. The van der Waals surface area contributed by atoms with Crippen molar-refractivity contribution in [3.05, 3.63) is 71.8 Å². The summed E-state index contributed by atoms with van der Waals surface area (Å²) in [6, 6.07) is 12.0. The zero-order valence-corrected chi connectivity index (χ0v) is 15.0. The van der Waals surface area contributed by atoms with Crippen LogP contribution in [0.5, 0.6) is 11.5 Å². The first-order valence-corrected chi connectivity index (χ1v) is 7.92. The van der Waals surface area contributed by atoms with Gasteiger partial charge in [0.05, 0.1) is 14.2 Å². The van der Waals surface area contributed by atoms with Crippen LogP contribution in [0.15, 0.2) is 60.7 Å². The molecule has 2 rings (SSSR count). The lowest BCUT2D eigenvalue weighted by atomic mass is 10.2. The molecule has 0 aliphatic rings. The maximum Gasteiger partial charge on any atom is 0.341 e. The number of benzene rings is 2. The molecule has 0 spiro atoms. The van der Waals surface area contributed by atoms with Crippen LogP contribution in [0.1, 0.15) is 20.7 Å². The molecule has 0 bridgehead atoms. The molecule has 0 radical (unpaired) electrons. The second-order valence-electron chi connectivity index (χ2n) is 5.15. The van der Waals surface area contributed by atoms with Crippen LogP contribution in [0, 0.1) is 0 Å². The van der Waals surface area contributed by atoms with E-state index in [2.05, 4.69) is 9.47 Å². The Morgan fingerprint density at radius 2 is 1.00 bits per heavy atom. The molecule has 8 heteroatoms. The number of para-hydroxylation sites is 2. The van der Waals surface area contributed by atoms with E-state index in [0.29, 0.717) is 0 Å². The van der Waals surface area contributed by atoms with Crippen LogP contribution in [0.25, 0.3) is 0 Å². The van der Waals surface area contributed by atoms with Crippen molar-refractivity contribution in [3.63, 3.8) is 0 Å². The molecule has 0 atom stereocenters. The molecule has 0 unspecified atom stereocenters. The van der Waals surface area contributed by atoms with Crippen molar-refractivity contribution >= 4 is 23.9 Å². The highest BCUT2D eigenvalue weighted by Gasteiger charge is 2.16. The van der Waals surface area contributed by atoms with E-state index in [4.69, 9.17) is 9.47 Å². The van der Waals surface area contributed by atoms with E-state index < -0.39 is 23.9 Å². The summed E-state index contributed by atoms with van der Waals surface area (Å²) < 4.78 is 19.3. The lowest BCUT2D eigenvalue weighted by Gasteiger charge is -2.07. The van der Waals surface area contributed by atoms with Gasteiger partial charge in [0.15, 0.2) is 0 Å². The molecule has 8 nitrogen and oxygen atoms in total. The second-order valence-corrected chi connectivity index (χ2v) is 5.15. The Morgan fingerprint density at radius 1 is 0.643 bits per heavy atom. The van der Waals surface area contributed by atoms with Crippen LogP contribution in [-0.2, 0) is 19.1 Å². The van der Waals surface area contributed by atoms with Gasteiger partial charge in [-0.25, -0.2) is 19.2 Å². The van der Waals surface area contributed by atoms with Gasteiger partial charge in [0.1, 0.15) is 22.6 Å². The molecule has 28 heavy (non-hydrogen) atoms. The highest BCUT2D eigenvalue weighted by molar-refractivity contribution is 5.97. The number of rotatable bonds is 6. The highest BCUT2D eigenvalue weighted by Crippen LogP contribution is 2.20. The van der Waals surface area contributed by atoms with Crippen LogP contribution >= 0.6 is 0 Å². The molecule has 0 saturated carbocycles. The van der Waals surface area contributed by atoms with Gasteiger partial charge in [-0.15, -0.1) is 0 Å². The van der Waals surface area contributed by atoms with E-state index in [9.17, 15) is 19.2 Å². The largest absolute Gasteiger partial charge is 0.465 e. The molecule has 2 aromatic carbocycles. The maximum atomic E-state index is 11.9. The third kappa shape index (κ3) is 5.28. The number of esters is 4. The predicted octanol–water partition coefficient (Wildman–Crippen LogP) is 2.33. The summed E-state index contributed by atoms with van der Waals surface area (Å²) in [5.41, 5.74) is 0.114. The van der Waals surface area contributed by atoms with Gasteiger partial charge in [-0.3, -0.25) is 0 Å². The van der Waals surface area contributed by atoms with E-state index in [1.807, 2.05) is 0 Å². The van der Waals surface area contributed by atoms with Gasteiger partial charge in [0.2, 0.25) is 0 Å². The van der Waals surface area contributed by atoms with Crippen LogP contribution in [-0.4, -0.2) is 38.1 Å². The van der Waals surface area contributed by atoms with Crippen LogP contribution in [0.4, 0.5) is 0 Å².